The Kier molecular flexibility index (Phi) is 3.45. The molecule has 0 aromatic heterocycles. The Morgan fingerprint density at radius 3 is 2.37 bits per heavy atom. The molecule has 0 saturated carbocycles. The molecule has 2 nitrogen and oxygen atoms in total. The molecule has 0 aliphatic carbocycles. The van der Waals surface area contributed by atoms with Crippen LogP contribution >= 0.6 is 23.2 Å². The average molecular weight is 300 g/mol. The largest absolute Gasteiger partial charge is 0.398 e. The van der Waals surface area contributed by atoms with Crippen molar-refractivity contribution in [2.45, 2.75) is 50.7 Å². The number of anilines is 1. The fourth-order valence-electron chi connectivity index (χ4n) is 4.13. The van der Waals surface area contributed by atoms with E-state index in [0.29, 0.717) is 10.0 Å². The number of nitrogen functional groups attached to an aromatic ring is 1. The molecule has 0 radical (unpaired) electrons. The first kappa shape index (κ1) is 13.5. The van der Waals surface area contributed by atoms with E-state index in [2.05, 4.69) is 7.05 Å². The third-order valence-electron chi connectivity index (χ3n) is 5.27. The first-order chi connectivity index (χ1) is 9.00. The number of rotatable bonds is 2. The highest BCUT2D eigenvalue weighted by Crippen LogP contribution is 2.44. The normalized spacial score (nSPS) is 33.6. The van der Waals surface area contributed by atoms with Gasteiger partial charge in [0, 0.05) is 29.1 Å². The third kappa shape index (κ3) is 2.24. The Bertz CT molecular complexity index is 462. The number of fused-ring (bicyclic) bond motifs is 2. The second-order valence-electron chi connectivity index (χ2n) is 6.28. The van der Waals surface area contributed by atoms with Crippen LogP contribution in [0.4, 0.5) is 5.69 Å². The predicted octanol–water partition coefficient (Wildman–Crippen LogP) is 4.24. The van der Waals surface area contributed by atoms with E-state index in [1.54, 1.807) is 0 Å². The minimum Gasteiger partial charge on any atom is -0.398 e. The van der Waals surface area contributed by atoms with Crippen molar-refractivity contribution in [2.24, 2.45) is 0 Å². The lowest BCUT2D eigenvalue weighted by Crippen LogP contribution is -2.55. The molecule has 2 aliphatic heterocycles. The zero-order valence-electron chi connectivity index (χ0n) is 11.3. The van der Waals surface area contributed by atoms with Crippen molar-refractivity contribution in [1.82, 2.24) is 0 Å². The van der Waals surface area contributed by atoms with Gasteiger partial charge in [-0.15, -0.1) is 0 Å². The monoisotopic (exact) mass is 299 g/mol. The topological polar surface area (TPSA) is 26.0 Å². The summed E-state index contributed by atoms with van der Waals surface area (Å²) in [5.74, 6) is 0. The van der Waals surface area contributed by atoms with Crippen molar-refractivity contribution >= 4 is 28.9 Å². The molecule has 4 heteroatoms. The van der Waals surface area contributed by atoms with Crippen LogP contribution in [0.15, 0.2) is 12.1 Å². The van der Waals surface area contributed by atoms with Crippen LogP contribution in [0.1, 0.15) is 37.7 Å². The van der Waals surface area contributed by atoms with E-state index in [4.69, 9.17) is 28.9 Å². The minimum absolute atomic E-state index is 0.621. The van der Waals surface area contributed by atoms with E-state index in [-0.39, 0.29) is 0 Å². The van der Waals surface area contributed by atoms with Crippen molar-refractivity contribution in [2.75, 3.05) is 12.8 Å². The lowest BCUT2D eigenvalue weighted by Gasteiger charge is -2.45. The summed E-state index contributed by atoms with van der Waals surface area (Å²) in [7, 11) is 2.38. The maximum atomic E-state index is 6.36. The van der Waals surface area contributed by atoms with Crippen LogP contribution < -0.4 is 5.73 Å². The number of nitrogens with zero attached hydrogens (tertiary/aromatic N) is 1. The Morgan fingerprint density at radius 1 is 1.16 bits per heavy atom. The van der Waals surface area contributed by atoms with Gasteiger partial charge in [0.1, 0.15) is 6.54 Å². The molecule has 1 aromatic carbocycles. The van der Waals surface area contributed by atoms with Gasteiger partial charge < -0.3 is 10.2 Å². The molecule has 19 heavy (non-hydrogen) atoms. The Balaban J connectivity index is 1.93. The van der Waals surface area contributed by atoms with Gasteiger partial charge >= 0.3 is 0 Å². The van der Waals surface area contributed by atoms with E-state index < -0.39 is 0 Å². The van der Waals surface area contributed by atoms with E-state index in [1.807, 2.05) is 12.1 Å². The van der Waals surface area contributed by atoms with Crippen LogP contribution in [-0.4, -0.2) is 23.6 Å². The number of hydrogen-bond donors (Lipinski definition) is 1. The molecule has 2 N–H and O–H groups in total. The molecule has 0 spiro atoms. The molecule has 0 amide bonds. The predicted molar refractivity (Wildman–Crippen MR) is 81.4 cm³/mol. The quantitative estimate of drug-likeness (QED) is 0.641. The maximum Gasteiger partial charge on any atom is 0.108 e. The number of hydrogen-bond acceptors (Lipinski definition) is 1. The summed E-state index contributed by atoms with van der Waals surface area (Å²) in [6.45, 7) is 0.942. The maximum absolute atomic E-state index is 6.36. The Hall–Kier alpha value is -0.440. The Labute approximate surface area is 125 Å². The summed E-state index contributed by atoms with van der Waals surface area (Å²) in [6, 6.07) is 5.20. The number of halogens is 2. The van der Waals surface area contributed by atoms with E-state index in [0.717, 1.165) is 34.4 Å². The van der Waals surface area contributed by atoms with Gasteiger partial charge in [0.15, 0.2) is 0 Å². The van der Waals surface area contributed by atoms with Crippen molar-refractivity contribution in [3.63, 3.8) is 0 Å². The van der Waals surface area contributed by atoms with Crippen LogP contribution in [0, 0.1) is 0 Å². The van der Waals surface area contributed by atoms with Crippen LogP contribution in [0.25, 0.3) is 0 Å². The summed E-state index contributed by atoms with van der Waals surface area (Å²) in [5, 5.41) is 1.34. The first-order valence-electron chi connectivity index (χ1n) is 7.09. The zero-order chi connectivity index (χ0) is 13.6. The molecule has 2 atom stereocenters. The van der Waals surface area contributed by atoms with Gasteiger partial charge in [0.05, 0.1) is 24.2 Å². The number of quaternary nitrogens is 1. The number of nitrogens with two attached hydrogens (primary N) is 1. The van der Waals surface area contributed by atoms with Crippen LogP contribution in [0.3, 0.4) is 0 Å². The van der Waals surface area contributed by atoms with E-state index in [1.165, 1.54) is 32.1 Å². The fraction of sp³-hybridized carbons (Fsp3) is 0.600. The van der Waals surface area contributed by atoms with Crippen LogP contribution in [0.5, 0.6) is 0 Å². The fourth-order valence-corrected chi connectivity index (χ4v) is 4.70. The van der Waals surface area contributed by atoms with Gasteiger partial charge in [-0.25, -0.2) is 0 Å². The zero-order valence-corrected chi connectivity index (χ0v) is 12.8. The molecule has 2 saturated heterocycles. The first-order valence-corrected chi connectivity index (χ1v) is 7.84. The molecule has 2 fully saturated rings. The molecule has 2 unspecified atom stereocenters. The molecular weight excluding hydrogens is 279 g/mol. The van der Waals surface area contributed by atoms with E-state index in [9.17, 15) is 0 Å². The lowest BCUT2D eigenvalue weighted by molar-refractivity contribution is -0.960. The van der Waals surface area contributed by atoms with Gasteiger partial charge in [-0.2, -0.15) is 0 Å². The summed E-state index contributed by atoms with van der Waals surface area (Å²) in [4.78, 5) is 0. The van der Waals surface area contributed by atoms with Crippen molar-refractivity contribution in [3.8, 4) is 0 Å². The number of benzene rings is 1. The summed E-state index contributed by atoms with van der Waals surface area (Å²) in [5.41, 5.74) is 7.94. The molecule has 1 aromatic rings. The number of piperidine rings is 1. The Morgan fingerprint density at radius 2 is 1.79 bits per heavy atom. The van der Waals surface area contributed by atoms with Gasteiger partial charge in [-0.3, -0.25) is 0 Å². The van der Waals surface area contributed by atoms with Gasteiger partial charge in [-0.1, -0.05) is 23.2 Å². The highest BCUT2D eigenvalue weighted by atomic mass is 35.5. The third-order valence-corrected chi connectivity index (χ3v) is 5.83. The summed E-state index contributed by atoms with van der Waals surface area (Å²) >= 11 is 12.4. The minimum atomic E-state index is 0.621. The average Bonchev–Trinajstić information content (AvgIpc) is 2.55. The molecule has 3 rings (SSSR count). The van der Waals surface area contributed by atoms with Crippen LogP contribution in [0.2, 0.25) is 10.0 Å². The summed E-state index contributed by atoms with van der Waals surface area (Å²) < 4.78 is 1.12. The molecule has 2 bridgehead atoms. The standard InChI is InChI=1S/C15H21Cl2N2/c1-19(11-3-2-4-12(19)6-5-11)9-13-14(17)7-10(16)8-15(13)18/h7-8,11-12H,2-6,9,18H2,1H3/q+1. The van der Waals surface area contributed by atoms with Gasteiger partial charge in [-0.05, 0) is 31.4 Å². The molecule has 104 valence electrons. The second kappa shape index (κ2) is 4.83. The molecule has 2 aliphatic rings. The molecular formula is C15H21Cl2N2+. The highest BCUT2D eigenvalue weighted by molar-refractivity contribution is 6.35. The van der Waals surface area contributed by atoms with Gasteiger partial charge in [0.2, 0.25) is 0 Å². The summed E-state index contributed by atoms with van der Waals surface area (Å²) in [6.07, 6.45) is 6.78. The highest BCUT2D eigenvalue weighted by Gasteiger charge is 2.48. The van der Waals surface area contributed by atoms with Gasteiger partial charge in [0.25, 0.3) is 0 Å². The van der Waals surface area contributed by atoms with Crippen molar-refractivity contribution in [1.29, 1.82) is 0 Å². The van der Waals surface area contributed by atoms with Crippen LogP contribution in [-0.2, 0) is 6.54 Å². The van der Waals surface area contributed by atoms with Crippen molar-refractivity contribution < 1.29 is 4.48 Å². The lowest BCUT2D eigenvalue weighted by atomic mass is 9.98. The van der Waals surface area contributed by atoms with E-state index >= 15 is 0 Å². The molecule has 2 heterocycles. The van der Waals surface area contributed by atoms with Crippen molar-refractivity contribution in [3.05, 3.63) is 27.7 Å². The second-order valence-corrected chi connectivity index (χ2v) is 7.12. The smallest absolute Gasteiger partial charge is 0.108 e. The SMILES string of the molecule is C[N+]1(Cc2c(N)cc(Cl)cc2Cl)C2CCCC1CC2.